The third-order valence-electron chi connectivity index (χ3n) is 16.0. The van der Waals surface area contributed by atoms with E-state index in [1.807, 2.05) is 0 Å². The van der Waals surface area contributed by atoms with E-state index in [0.717, 1.165) is 62.2 Å². The van der Waals surface area contributed by atoms with E-state index in [9.17, 15) is 0 Å². The van der Waals surface area contributed by atoms with Crippen LogP contribution in [0.2, 0.25) is 0 Å². The summed E-state index contributed by atoms with van der Waals surface area (Å²) < 4.78 is 6.81. The molecule has 16 rings (SSSR count). The quantitative estimate of drug-likeness (QED) is 0.158. The van der Waals surface area contributed by atoms with Crippen molar-refractivity contribution in [2.75, 3.05) is 14.7 Å². The highest BCUT2D eigenvalue weighted by Gasteiger charge is 2.31. The molecule has 4 heteroatoms. The fraction of sp³-hybridized carbons (Fsp3) is 0. The Labute approximate surface area is 477 Å². The molecule has 0 fully saturated rings. The molecule has 0 spiro atoms. The van der Waals surface area contributed by atoms with Gasteiger partial charge < -0.3 is 19.4 Å². The zero-order valence-corrected chi connectivity index (χ0v) is 44.8. The molecule has 0 aliphatic carbocycles. The average molecular weight is 1050 g/mol. The number of ether oxygens (including phenoxy) is 1. The first-order chi connectivity index (χ1) is 40.6. The maximum atomic E-state index is 6.81. The van der Waals surface area contributed by atoms with E-state index in [4.69, 9.17) is 4.74 Å². The van der Waals surface area contributed by atoms with Crippen LogP contribution in [0.5, 0.6) is 11.5 Å². The lowest BCUT2D eigenvalue weighted by molar-refractivity contribution is 0.477. The molecule has 14 aromatic carbocycles. The second-order valence-corrected chi connectivity index (χ2v) is 20.9. The van der Waals surface area contributed by atoms with Gasteiger partial charge in [0.2, 0.25) is 0 Å². The minimum atomic E-state index is 0.830. The highest BCUT2D eigenvalue weighted by Crippen LogP contribution is 2.56. The van der Waals surface area contributed by atoms with Crippen molar-refractivity contribution in [3.8, 4) is 56.0 Å². The summed E-state index contributed by atoms with van der Waals surface area (Å²) in [6.45, 7) is 0. The van der Waals surface area contributed by atoms with Crippen LogP contribution >= 0.6 is 0 Å². The number of nitrogens with zero attached hydrogens (tertiary/aromatic N) is 3. The van der Waals surface area contributed by atoms with Gasteiger partial charge in [0.1, 0.15) is 0 Å². The number of anilines is 9. The molecule has 2 heterocycles. The summed E-state index contributed by atoms with van der Waals surface area (Å²) in [5, 5.41) is 7.39. The van der Waals surface area contributed by atoms with E-state index in [0.29, 0.717) is 0 Å². The second kappa shape index (κ2) is 20.7. The first-order valence-corrected chi connectivity index (χ1v) is 28.0. The van der Waals surface area contributed by atoms with Crippen molar-refractivity contribution in [2.45, 2.75) is 0 Å². The van der Waals surface area contributed by atoms with Crippen molar-refractivity contribution < 1.29 is 4.74 Å². The Morgan fingerprint density at radius 2 is 0.512 bits per heavy atom. The van der Waals surface area contributed by atoms with Gasteiger partial charge in [0.15, 0.2) is 11.5 Å². The van der Waals surface area contributed by atoms with Crippen LogP contribution in [0, 0.1) is 0 Å². The first-order valence-electron chi connectivity index (χ1n) is 28.0. The standard InChI is InChI=1S/C46H31NO.C32H22N2/c1-3-10-32(11-4-1)34-18-22-36(23-19-34)39-26-28-43-45(30-39)48-46-31-40(37-24-20-35(21-25-37)33-12-5-2-6-13-33)27-29-44(46)47(43)42-17-9-15-38-14-7-8-16-41(38)42;1-3-11-25-21-27(19-17-23(25)9-1)33-29-13-5-7-15-31(29)34(32-16-8-6-14-30(32)33)28-20-18-24-10-2-4-12-26(24)22-28/h1-31H;1-22H. The Balaban J connectivity index is 0.000000149. The third-order valence-corrected chi connectivity index (χ3v) is 16.0. The van der Waals surface area contributed by atoms with Crippen LogP contribution in [-0.2, 0) is 0 Å². The van der Waals surface area contributed by atoms with Gasteiger partial charge in [-0.05, 0) is 150 Å². The maximum absolute atomic E-state index is 6.81. The zero-order valence-electron chi connectivity index (χ0n) is 44.8. The summed E-state index contributed by atoms with van der Waals surface area (Å²) in [5.41, 5.74) is 19.5. The summed E-state index contributed by atoms with van der Waals surface area (Å²) in [5.74, 6) is 1.66. The maximum Gasteiger partial charge on any atom is 0.152 e. The van der Waals surface area contributed by atoms with Gasteiger partial charge in [-0.25, -0.2) is 0 Å². The van der Waals surface area contributed by atoms with Crippen molar-refractivity contribution in [1.29, 1.82) is 0 Å². The Bertz CT molecular complexity index is 4360. The summed E-state index contributed by atoms with van der Waals surface area (Å²) in [7, 11) is 0. The smallest absolute Gasteiger partial charge is 0.152 e. The van der Waals surface area contributed by atoms with Crippen molar-refractivity contribution in [3.63, 3.8) is 0 Å². The number of hydrogen-bond donors (Lipinski definition) is 0. The lowest BCUT2D eigenvalue weighted by atomic mass is 9.98. The Kier molecular flexibility index (Phi) is 12.2. The Morgan fingerprint density at radius 3 is 0.963 bits per heavy atom. The van der Waals surface area contributed by atoms with Crippen LogP contribution in [0.3, 0.4) is 0 Å². The molecule has 0 saturated carbocycles. The van der Waals surface area contributed by atoms with E-state index >= 15 is 0 Å². The molecule has 0 atom stereocenters. The molecule has 0 unspecified atom stereocenters. The molecular weight excluding hydrogens is 995 g/mol. The molecule has 0 bridgehead atoms. The van der Waals surface area contributed by atoms with Gasteiger partial charge in [-0.15, -0.1) is 0 Å². The number of hydrogen-bond acceptors (Lipinski definition) is 4. The molecule has 0 aromatic heterocycles. The van der Waals surface area contributed by atoms with Gasteiger partial charge >= 0.3 is 0 Å². The van der Waals surface area contributed by atoms with E-state index in [-0.39, 0.29) is 0 Å². The Hall–Kier alpha value is -10.9. The zero-order chi connectivity index (χ0) is 54.3. The van der Waals surface area contributed by atoms with Gasteiger partial charge in [0.25, 0.3) is 0 Å². The largest absolute Gasteiger partial charge is 0.453 e. The van der Waals surface area contributed by atoms with E-state index in [2.05, 4.69) is 336 Å². The highest BCUT2D eigenvalue weighted by molar-refractivity contribution is 6.05. The molecule has 2 aliphatic rings. The molecular formula is C78H53N3O. The van der Waals surface area contributed by atoms with Crippen LogP contribution in [-0.4, -0.2) is 0 Å². The molecule has 0 saturated heterocycles. The molecule has 0 N–H and O–H groups in total. The number of rotatable bonds is 7. The van der Waals surface area contributed by atoms with Crippen molar-refractivity contribution in [3.05, 3.63) is 322 Å². The predicted octanol–water partition coefficient (Wildman–Crippen LogP) is 22.3. The fourth-order valence-electron chi connectivity index (χ4n) is 11.9. The molecule has 2 aliphatic heterocycles. The van der Waals surface area contributed by atoms with Gasteiger partial charge in [-0.1, -0.05) is 243 Å². The van der Waals surface area contributed by atoms with Gasteiger partial charge in [0, 0.05) is 16.8 Å². The van der Waals surface area contributed by atoms with Gasteiger partial charge in [-0.2, -0.15) is 0 Å². The molecule has 82 heavy (non-hydrogen) atoms. The third kappa shape index (κ3) is 8.86. The lowest BCUT2D eigenvalue weighted by Gasteiger charge is -2.40. The minimum Gasteiger partial charge on any atom is -0.453 e. The molecule has 0 amide bonds. The normalized spacial score (nSPS) is 12.2. The monoisotopic (exact) mass is 1050 g/mol. The number of benzene rings is 14. The topological polar surface area (TPSA) is 19.0 Å². The van der Waals surface area contributed by atoms with E-state index < -0.39 is 0 Å². The minimum absolute atomic E-state index is 0.830. The van der Waals surface area contributed by atoms with Gasteiger partial charge in [-0.3, -0.25) is 0 Å². The molecule has 0 radical (unpaired) electrons. The number of fused-ring (bicyclic) bond motifs is 7. The van der Waals surface area contributed by atoms with Gasteiger partial charge in [0.05, 0.1) is 39.8 Å². The number of para-hydroxylation sites is 4. The fourth-order valence-corrected chi connectivity index (χ4v) is 11.9. The first kappa shape index (κ1) is 48.2. The summed E-state index contributed by atoms with van der Waals surface area (Å²) in [4.78, 5) is 7.12. The van der Waals surface area contributed by atoms with Crippen LogP contribution in [0.4, 0.5) is 51.2 Å². The SMILES string of the molecule is c1ccc(-c2ccc(-c3ccc4c(c3)Oc3cc(-c5ccc(-c6ccccc6)cc5)ccc3N4c3cccc4ccccc34)cc2)cc1.c1ccc2c(c1)N(c1ccc3ccccc3c1)c1ccccc1N2c1ccc2ccccc2c1. The summed E-state index contributed by atoms with van der Waals surface area (Å²) in [6.07, 6.45) is 0. The lowest BCUT2D eigenvalue weighted by Crippen LogP contribution is -2.23. The second-order valence-electron chi connectivity index (χ2n) is 20.9. The Morgan fingerprint density at radius 1 is 0.183 bits per heavy atom. The summed E-state index contributed by atoms with van der Waals surface area (Å²) in [6, 6.07) is 115. The predicted molar refractivity (Wildman–Crippen MR) is 345 cm³/mol. The molecule has 14 aromatic rings. The van der Waals surface area contributed by atoms with Crippen LogP contribution in [0.15, 0.2) is 322 Å². The van der Waals surface area contributed by atoms with Crippen LogP contribution in [0.1, 0.15) is 0 Å². The molecule has 386 valence electrons. The van der Waals surface area contributed by atoms with E-state index in [1.165, 1.54) is 77.3 Å². The molecule has 4 nitrogen and oxygen atoms in total. The van der Waals surface area contributed by atoms with Crippen molar-refractivity contribution in [2.24, 2.45) is 0 Å². The van der Waals surface area contributed by atoms with Crippen molar-refractivity contribution >= 4 is 83.5 Å². The van der Waals surface area contributed by atoms with E-state index in [1.54, 1.807) is 0 Å². The van der Waals surface area contributed by atoms with Crippen LogP contribution in [0.25, 0.3) is 76.8 Å². The highest BCUT2D eigenvalue weighted by atomic mass is 16.5. The van der Waals surface area contributed by atoms with Crippen LogP contribution < -0.4 is 19.4 Å². The average Bonchev–Trinajstić information content (AvgIpc) is 3.74. The van der Waals surface area contributed by atoms with Crippen molar-refractivity contribution in [1.82, 2.24) is 0 Å². The summed E-state index contributed by atoms with van der Waals surface area (Å²) >= 11 is 0.